The van der Waals surface area contributed by atoms with Crippen LogP contribution in [0.15, 0.2) is 48.5 Å². The standard InChI is InChI=1S/C24H31ClN2O3/c1-5-21(24(29)26-6-2)27(15-18-11-7-9-13-20(18)25)23(28)16-30-22-14-10-8-12-19(22)17(3)4/h7-14,17,21H,5-6,15-16H2,1-4H3,(H,26,29)/t21-/m1/s1. The van der Waals surface area contributed by atoms with Crippen molar-refractivity contribution in [1.29, 1.82) is 0 Å². The van der Waals surface area contributed by atoms with Crippen molar-refractivity contribution in [1.82, 2.24) is 10.2 Å². The summed E-state index contributed by atoms with van der Waals surface area (Å²) in [5.74, 6) is 0.522. The predicted octanol–water partition coefficient (Wildman–Crippen LogP) is 4.79. The highest BCUT2D eigenvalue weighted by Gasteiger charge is 2.29. The molecule has 0 aliphatic heterocycles. The van der Waals surface area contributed by atoms with Gasteiger partial charge in [-0.2, -0.15) is 0 Å². The molecule has 0 spiro atoms. The van der Waals surface area contributed by atoms with Crippen LogP contribution in [0, 0.1) is 0 Å². The molecule has 0 aromatic heterocycles. The summed E-state index contributed by atoms with van der Waals surface area (Å²) in [6, 6.07) is 14.4. The number of carbonyl (C=O) groups excluding carboxylic acids is 2. The lowest BCUT2D eigenvalue weighted by Gasteiger charge is -2.31. The molecule has 0 unspecified atom stereocenters. The third kappa shape index (κ3) is 6.23. The summed E-state index contributed by atoms with van der Waals surface area (Å²) < 4.78 is 5.89. The van der Waals surface area contributed by atoms with Crippen LogP contribution in [-0.4, -0.2) is 35.9 Å². The van der Waals surface area contributed by atoms with E-state index in [-0.39, 0.29) is 30.9 Å². The van der Waals surface area contributed by atoms with Gasteiger partial charge in [0, 0.05) is 18.1 Å². The third-order valence-corrected chi connectivity index (χ3v) is 5.30. The number of nitrogens with zero attached hydrogens (tertiary/aromatic N) is 1. The van der Waals surface area contributed by atoms with Gasteiger partial charge in [-0.1, -0.05) is 68.8 Å². The molecule has 30 heavy (non-hydrogen) atoms. The SMILES string of the molecule is CCNC(=O)[C@@H](CC)N(Cc1ccccc1Cl)C(=O)COc1ccccc1C(C)C. The monoisotopic (exact) mass is 430 g/mol. The van der Waals surface area contributed by atoms with Gasteiger partial charge in [0.05, 0.1) is 0 Å². The third-order valence-electron chi connectivity index (χ3n) is 4.93. The normalized spacial score (nSPS) is 11.8. The zero-order valence-corrected chi connectivity index (χ0v) is 18.9. The molecule has 0 aliphatic rings. The zero-order valence-electron chi connectivity index (χ0n) is 18.2. The summed E-state index contributed by atoms with van der Waals surface area (Å²) in [6.07, 6.45) is 0.491. The first-order valence-corrected chi connectivity index (χ1v) is 10.8. The Bertz CT molecular complexity index is 854. The number of ether oxygens (including phenoxy) is 1. The van der Waals surface area contributed by atoms with Gasteiger partial charge in [0.15, 0.2) is 6.61 Å². The molecule has 1 atom stereocenters. The van der Waals surface area contributed by atoms with Crippen LogP contribution in [0.4, 0.5) is 0 Å². The first kappa shape index (κ1) is 23.7. The molecule has 2 aromatic rings. The molecular formula is C24H31ClN2O3. The molecular weight excluding hydrogens is 400 g/mol. The maximum absolute atomic E-state index is 13.2. The minimum absolute atomic E-state index is 0.149. The molecule has 2 rings (SSSR count). The Morgan fingerprint density at radius 2 is 1.73 bits per heavy atom. The van der Waals surface area contributed by atoms with E-state index in [0.717, 1.165) is 11.1 Å². The van der Waals surface area contributed by atoms with E-state index in [0.29, 0.717) is 23.7 Å². The lowest BCUT2D eigenvalue weighted by atomic mass is 10.0. The molecule has 2 amide bonds. The Morgan fingerprint density at radius 1 is 1.07 bits per heavy atom. The van der Waals surface area contributed by atoms with Crippen LogP contribution in [0.1, 0.15) is 51.2 Å². The molecule has 5 nitrogen and oxygen atoms in total. The van der Waals surface area contributed by atoms with Gasteiger partial charge in [-0.25, -0.2) is 0 Å². The number of hydrogen-bond acceptors (Lipinski definition) is 3. The topological polar surface area (TPSA) is 58.6 Å². The number of para-hydroxylation sites is 1. The number of halogens is 1. The molecule has 0 saturated heterocycles. The first-order chi connectivity index (χ1) is 14.4. The van der Waals surface area contributed by atoms with Crippen LogP contribution in [0.5, 0.6) is 5.75 Å². The van der Waals surface area contributed by atoms with Crippen molar-refractivity contribution >= 4 is 23.4 Å². The lowest BCUT2D eigenvalue weighted by Crippen LogP contribution is -2.50. The van der Waals surface area contributed by atoms with E-state index in [4.69, 9.17) is 16.3 Å². The van der Waals surface area contributed by atoms with E-state index in [1.54, 1.807) is 11.0 Å². The fourth-order valence-electron chi connectivity index (χ4n) is 3.33. The Hall–Kier alpha value is -2.53. The second-order valence-electron chi connectivity index (χ2n) is 7.41. The van der Waals surface area contributed by atoms with E-state index in [2.05, 4.69) is 19.2 Å². The molecule has 0 fully saturated rings. The fraction of sp³-hybridized carbons (Fsp3) is 0.417. The van der Waals surface area contributed by atoms with E-state index in [1.165, 1.54) is 0 Å². The minimum atomic E-state index is -0.599. The largest absolute Gasteiger partial charge is 0.483 e. The first-order valence-electron chi connectivity index (χ1n) is 10.4. The minimum Gasteiger partial charge on any atom is -0.483 e. The van der Waals surface area contributed by atoms with Gasteiger partial charge in [-0.3, -0.25) is 9.59 Å². The molecule has 6 heteroatoms. The highest BCUT2D eigenvalue weighted by Crippen LogP contribution is 2.26. The summed E-state index contributed by atoms with van der Waals surface area (Å²) in [6.45, 7) is 8.50. The Morgan fingerprint density at radius 3 is 2.37 bits per heavy atom. The van der Waals surface area contributed by atoms with Gasteiger partial charge >= 0.3 is 0 Å². The number of nitrogens with one attached hydrogen (secondary N) is 1. The average Bonchev–Trinajstić information content (AvgIpc) is 2.73. The van der Waals surface area contributed by atoms with Crippen LogP contribution in [0.3, 0.4) is 0 Å². The quantitative estimate of drug-likeness (QED) is 0.589. The molecule has 0 radical (unpaired) electrons. The maximum Gasteiger partial charge on any atom is 0.261 e. The van der Waals surface area contributed by atoms with Gasteiger partial charge in [-0.05, 0) is 42.5 Å². The van der Waals surface area contributed by atoms with Crippen molar-refractivity contribution in [2.75, 3.05) is 13.2 Å². The smallest absolute Gasteiger partial charge is 0.261 e. The molecule has 2 aromatic carbocycles. The van der Waals surface area contributed by atoms with Crippen molar-refractivity contribution in [2.45, 2.75) is 52.6 Å². The van der Waals surface area contributed by atoms with Crippen molar-refractivity contribution < 1.29 is 14.3 Å². The Labute approximate surface area is 184 Å². The molecule has 162 valence electrons. The van der Waals surface area contributed by atoms with Crippen LogP contribution >= 0.6 is 11.6 Å². The van der Waals surface area contributed by atoms with Crippen LogP contribution in [0.25, 0.3) is 0 Å². The van der Waals surface area contributed by atoms with E-state index in [1.807, 2.05) is 56.3 Å². The van der Waals surface area contributed by atoms with E-state index >= 15 is 0 Å². The summed E-state index contributed by atoms with van der Waals surface area (Å²) in [7, 11) is 0. The van der Waals surface area contributed by atoms with Crippen molar-refractivity contribution in [3.63, 3.8) is 0 Å². The van der Waals surface area contributed by atoms with Crippen molar-refractivity contribution in [3.8, 4) is 5.75 Å². The molecule has 0 heterocycles. The molecule has 1 N–H and O–H groups in total. The van der Waals surface area contributed by atoms with Gasteiger partial charge in [0.2, 0.25) is 5.91 Å². The van der Waals surface area contributed by atoms with Gasteiger partial charge in [0.1, 0.15) is 11.8 Å². The average molecular weight is 431 g/mol. The summed E-state index contributed by atoms with van der Waals surface area (Å²) in [4.78, 5) is 27.4. The summed E-state index contributed by atoms with van der Waals surface area (Å²) in [5.41, 5.74) is 1.83. The molecule has 0 aliphatic carbocycles. The second kappa shape index (κ2) is 11.6. The van der Waals surface area contributed by atoms with Gasteiger partial charge < -0.3 is 15.0 Å². The Kier molecular flexibility index (Phi) is 9.18. The number of rotatable bonds is 10. The predicted molar refractivity (Wildman–Crippen MR) is 121 cm³/mol. The van der Waals surface area contributed by atoms with Crippen molar-refractivity contribution in [2.24, 2.45) is 0 Å². The van der Waals surface area contributed by atoms with Crippen LogP contribution in [-0.2, 0) is 16.1 Å². The van der Waals surface area contributed by atoms with Crippen LogP contribution < -0.4 is 10.1 Å². The van der Waals surface area contributed by atoms with Crippen LogP contribution in [0.2, 0.25) is 5.02 Å². The highest BCUT2D eigenvalue weighted by molar-refractivity contribution is 6.31. The number of benzene rings is 2. The fourth-order valence-corrected chi connectivity index (χ4v) is 3.53. The Balaban J connectivity index is 2.25. The molecule has 0 bridgehead atoms. The van der Waals surface area contributed by atoms with Gasteiger partial charge in [-0.15, -0.1) is 0 Å². The number of amides is 2. The number of carbonyl (C=O) groups is 2. The maximum atomic E-state index is 13.2. The van der Waals surface area contributed by atoms with Gasteiger partial charge in [0.25, 0.3) is 5.91 Å². The highest BCUT2D eigenvalue weighted by atomic mass is 35.5. The van der Waals surface area contributed by atoms with E-state index in [9.17, 15) is 9.59 Å². The van der Waals surface area contributed by atoms with E-state index < -0.39 is 6.04 Å². The number of hydrogen-bond donors (Lipinski definition) is 1. The van der Waals surface area contributed by atoms with Crippen molar-refractivity contribution in [3.05, 3.63) is 64.7 Å². The summed E-state index contributed by atoms with van der Waals surface area (Å²) >= 11 is 6.32. The summed E-state index contributed by atoms with van der Waals surface area (Å²) in [5, 5.41) is 3.39. The molecule has 0 saturated carbocycles. The lowest BCUT2D eigenvalue weighted by molar-refractivity contribution is -0.142. The zero-order chi connectivity index (χ0) is 22.1. The second-order valence-corrected chi connectivity index (χ2v) is 7.82. The number of likely N-dealkylation sites (N-methyl/N-ethyl adjacent to an activating group) is 1.